The highest BCUT2D eigenvalue weighted by Gasteiger charge is 2.30. The van der Waals surface area contributed by atoms with E-state index in [9.17, 15) is 43.2 Å². The summed E-state index contributed by atoms with van der Waals surface area (Å²) in [5.41, 5.74) is 0. The molecule has 0 bridgehead atoms. The van der Waals surface area contributed by atoms with Crippen molar-refractivity contribution in [3.05, 3.63) is 0 Å². The zero-order valence-electron chi connectivity index (χ0n) is 65.3. The first-order valence-electron chi connectivity index (χ1n) is 42.1. The largest absolute Gasteiger partial charge is 0.472 e. The van der Waals surface area contributed by atoms with E-state index in [1.54, 1.807) is 0 Å². The Bertz CT molecular complexity index is 1910. The van der Waals surface area contributed by atoms with Gasteiger partial charge in [0.1, 0.15) is 19.3 Å². The lowest BCUT2D eigenvalue weighted by Gasteiger charge is -2.21. The maximum Gasteiger partial charge on any atom is 0.472 e. The molecular formula is C81H158O17P2. The van der Waals surface area contributed by atoms with Gasteiger partial charge in [-0.1, -0.05) is 381 Å². The van der Waals surface area contributed by atoms with Gasteiger partial charge in [-0.15, -0.1) is 0 Å². The smallest absolute Gasteiger partial charge is 0.462 e. The number of esters is 4. The summed E-state index contributed by atoms with van der Waals surface area (Å²) in [4.78, 5) is 73.0. The lowest BCUT2D eigenvalue weighted by Crippen LogP contribution is -2.30. The van der Waals surface area contributed by atoms with Crippen molar-refractivity contribution in [3.63, 3.8) is 0 Å². The Morgan fingerprint density at radius 2 is 0.460 bits per heavy atom. The normalized spacial score (nSPS) is 13.8. The fourth-order valence-corrected chi connectivity index (χ4v) is 14.2. The highest BCUT2D eigenvalue weighted by Crippen LogP contribution is 2.45. The number of carbonyl (C=O) groups is 4. The molecule has 0 saturated heterocycles. The van der Waals surface area contributed by atoms with Crippen LogP contribution >= 0.6 is 15.6 Å². The van der Waals surface area contributed by atoms with Crippen molar-refractivity contribution in [1.82, 2.24) is 0 Å². The van der Waals surface area contributed by atoms with Crippen molar-refractivity contribution in [2.24, 2.45) is 5.92 Å². The van der Waals surface area contributed by atoms with Crippen molar-refractivity contribution >= 4 is 39.5 Å². The summed E-state index contributed by atoms with van der Waals surface area (Å²) in [6, 6.07) is 0. The van der Waals surface area contributed by atoms with Crippen LogP contribution in [0.25, 0.3) is 0 Å². The molecule has 594 valence electrons. The van der Waals surface area contributed by atoms with Crippen LogP contribution in [0.3, 0.4) is 0 Å². The third-order valence-corrected chi connectivity index (χ3v) is 20.9. The zero-order valence-corrected chi connectivity index (χ0v) is 67.1. The van der Waals surface area contributed by atoms with E-state index < -0.39 is 97.5 Å². The number of hydrogen-bond acceptors (Lipinski definition) is 15. The quantitative estimate of drug-likeness (QED) is 0.0222. The molecule has 0 rings (SSSR count). The summed E-state index contributed by atoms with van der Waals surface area (Å²) in [5.74, 6) is -1.35. The maximum atomic E-state index is 13.1. The van der Waals surface area contributed by atoms with E-state index in [2.05, 4.69) is 34.6 Å². The van der Waals surface area contributed by atoms with E-state index in [0.717, 1.165) is 95.8 Å². The SMILES string of the molecule is CCCCCCCCCCCCCCCCCCCCCCCC(=O)O[C@H](COC(=O)CCCCCCCCCCCCC(C)C)COP(=O)(O)OC[C@@H](O)COP(=O)(O)OC[C@@H](COC(=O)CCCCCCCCCCCCCCC)OC(=O)CCCCCCCCCCCCCCC. The Balaban J connectivity index is 5.22. The Kier molecular flexibility index (Phi) is 72.5. The molecule has 17 nitrogen and oxygen atoms in total. The molecule has 5 atom stereocenters. The van der Waals surface area contributed by atoms with Gasteiger partial charge in [0.15, 0.2) is 12.2 Å². The molecule has 0 aliphatic carbocycles. The second-order valence-corrected chi connectivity index (χ2v) is 32.5. The van der Waals surface area contributed by atoms with Crippen LogP contribution in [0.2, 0.25) is 0 Å². The van der Waals surface area contributed by atoms with Crippen molar-refractivity contribution in [1.29, 1.82) is 0 Å². The van der Waals surface area contributed by atoms with Gasteiger partial charge in [0.2, 0.25) is 0 Å². The van der Waals surface area contributed by atoms with E-state index in [-0.39, 0.29) is 25.7 Å². The molecule has 2 unspecified atom stereocenters. The van der Waals surface area contributed by atoms with Crippen LogP contribution in [-0.2, 0) is 65.4 Å². The molecule has 0 saturated carbocycles. The molecule has 0 radical (unpaired) electrons. The summed E-state index contributed by atoms with van der Waals surface area (Å²) < 4.78 is 68.7. The number of hydrogen-bond donors (Lipinski definition) is 3. The van der Waals surface area contributed by atoms with Gasteiger partial charge in [-0.05, 0) is 31.6 Å². The summed E-state index contributed by atoms with van der Waals surface area (Å²) >= 11 is 0. The zero-order chi connectivity index (χ0) is 73.4. The molecule has 3 N–H and O–H groups in total. The molecule has 0 fully saturated rings. The third-order valence-electron chi connectivity index (χ3n) is 19.0. The average Bonchev–Trinajstić information content (AvgIpc) is 0.919. The molecule has 19 heteroatoms. The van der Waals surface area contributed by atoms with Crippen LogP contribution in [-0.4, -0.2) is 96.7 Å². The number of ether oxygens (including phenoxy) is 4. The Morgan fingerprint density at radius 1 is 0.270 bits per heavy atom. The van der Waals surface area contributed by atoms with E-state index in [4.69, 9.17) is 37.0 Å². The number of aliphatic hydroxyl groups excluding tert-OH is 1. The molecule has 0 amide bonds. The number of unbranched alkanes of at least 4 members (excludes halogenated alkanes) is 53. The monoisotopic (exact) mass is 1470 g/mol. The van der Waals surface area contributed by atoms with E-state index in [0.29, 0.717) is 25.7 Å². The lowest BCUT2D eigenvalue weighted by molar-refractivity contribution is -0.161. The molecule has 100 heavy (non-hydrogen) atoms. The van der Waals surface area contributed by atoms with Gasteiger partial charge >= 0.3 is 39.5 Å². The first-order valence-corrected chi connectivity index (χ1v) is 45.1. The third kappa shape index (κ3) is 74.3. The molecule has 0 aliphatic heterocycles. The van der Waals surface area contributed by atoms with Gasteiger partial charge in [-0.3, -0.25) is 37.3 Å². The average molecular weight is 1470 g/mol. The molecule has 0 spiro atoms. The van der Waals surface area contributed by atoms with Crippen LogP contribution in [0.15, 0.2) is 0 Å². The molecule has 0 aromatic heterocycles. The van der Waals surface area contributed by atoms with Crippen molar-refractivity contribution in [2.75, 3.05) is 39.6 Å². The topological polar surface area (TPSA) is 237 Å². The van der Waals surface area contributed by atoms with Gasteiger partial charge in [0.25, 0.3) is 0 Å². The molecule has 0 heterocycles. The van der Waals surface area contributed by atoms with E-state index in [1.165, 1.54) is 257 Å². The summed E-state index contributed by atoms with van der Waals surface area (Å²) in [6.07, 6.45) is 65.2. The highest BCUT2D eigenvalue weighted by atomic mass is 31.2. The fraction of sp³-hybridized carbons (Fsp3) is 0.951. The van der Waals surface area contributed by atoms with Gasteiger partial charge in [0.05, 0.1) is 26.4 Å². The van der Waals surface area contributed by atoms with E-state index >= 15 is 0 Å². The minimum atomic E-state index is -4.96. The summed E-state index contributed by atoms with van der Waals surface area (Å²) in [6.45, 7) is 7.33. The Hall–Kier alpha value is -1.94. The predicted octanol–water partition coefficient (Wildman–Crippen LogP) is 24.4. The Labute approximate surface area is 613 Å². The number of phosphoric acid groups is 2. The highest BCUT2D eigenvalue weighted by molar-refractivity contribution is 7.47. The van der Waals surface area contributed by atoms with E-state index in [1.807, 2.05) is 0 Å². The van der Waals surface area contributed by atoms with Crippen LogP contribution < -0.4 is 0 Å². The summed E-state index contributed by atoms with van der Waals surface area (Å²) in [7, 11) is -9.92. The molecule has 0 aliphatic rings. The van der Waals surface area contributed by atoms with Crippen LogP contribution in [0, 0.1) is 5.92 Å². The van der Waals surface area contributed by atoms with Gasteiger partial charge in [-0.2, -0.15) is 0 Å². The second-order valence-electron chi connectivity index (χ2n) is 29.6. The maximum absolute atomic E-state index is 13.1. The number of phosphoric ester groups is 2. The van der Waals surface area contributed by atoms with Crippen molar-refractivity contribution in [2.45, 2.75) is 451 Å². The lowest BCUT2D eigenvalue weighted by atomic mass is 10.0. The number of rotatable bonds is 81. The Morgan fingerprint density at radius 3 is 0.680 bits per heavy atom. The standard InChI is InChI=1S/C81H158O17P2/c1-6-9-12-15-18-21-24-27-28-29-30-31-32-33-34-37-40-47-52-57-62-67-81(86)98-77(71-92-79(84)65-60-55-50-45-42-41-43-48-53-58-63-74(4)5)73-96-100(89,90)94-69-75(82)68-93-99(87,88)95-72-76(97-80(85)66-61-56-51-46-39-36-26-23-20-17-14-11-8-3)70-91-78(83)64-59-54-49-44-38-35-25-22-19-16-13-10-7-2/h74-77,82H,6-73H2,1-5H3,(H,87,88)(H,89,90)/t75-,76+,77+/m0/s1. The van der Waals surface area contributed by atoms with Crippen molar-refractivity contribution < 1.29 is 80.2 Å². The van der Waals surface area contributed by atoms with Gasteiger partial charge in [0, 0.05) is 25.7 Å². The summed E-state index contributed by atoms with van der Waals surface area (Å²) in [5, 5.41) is 10.6. The van der Waals surface area contributed by atoms with Gasteiger partial charge < -0.3 is 33.8 Å². The second kappa shape index (κ2) is 73.9. The predicted molar refractivity (Wildman–Crippen MR) is 409 cm³/mol. The van der Waals surface area contributed by atoms with Crippen molar-refractivity contribution in [3.8, 4) is 0 Å². The number of carbonyl (C=O) groups excluding carboxylic acids is 4. The molecule has 0 aromatic rings. The molecular weight excluding hydrogens is 1310 g/mol. The first-order chi connectivity index (χ1) is 48.5. The first kappa shape index (κ1) is 98.1. The van der Waals surface area contributed by atoms with Crippen LogP contribution in [0.4, 0.5) is 0 Å². The van der Waals surface area contributed by atoms with Crippen LogP contribution in [0.5, 0.6) is 0 Å². The van der Waals surface area contributed by atoms with Crippen LogP contribution in [0.1, 0.15) is 433 Å². The van der Waals surface area contributed by atoms with Gasteiger partial charge in [-0.25, -0.2) is 9.13 Å². The number of aliphatic hydroxyl groups is 1. The molecule has 0 aromatic carbocycles. The fourth-order valence-electron chi connectivity index (χ4n) is 12.6. The minimum absolute atomic E-state index is 0.108. The minimum Gasteiger partial charge on any atom is -0.462 e.